The number of carbonyl (C=O) groups excluding carboxylic acids is 1. The summed E-state index contributed by atoms with van der Waals surface area (Å²) in [6.45, 7) is 6.76. The summed E-state index contributed by atoms with van der Waals surface area (Å²) in [7, 11) is 0. The predicted molar refractivity (Wildman–Crippen MR) is 73.4 cm³/mol. The summed E-state index contributed by atoms with van der Waals surface area (Å²) in [6.07, 6.45) is 6.48. The molecule has 0 saturated heterocycles. The van der Waals surface area contributed by atoms with Crippen LogP contribution in [0.1, 0.15) is 56.8 Å². The van der Waals surface area contributed by atoms with E-state index < -0.39 is 5.82 Å². The lowest BCUT2D eigenvalue weighted by molar-refractivity contribution is 0.0815. The lowest BCUT2D eigenvalue weighted by Crippen LogP contribution is -2.29. The molecule has 0 unspecified atom stereocenters. The second-order valence-corrected chi connectivity index (χ2v) is 6.63. The highest BCUT2D eigenvalue weighted by atomic mass is 19.1. The molecule has 1 aliphatic rings. The molecule has 1 aromatic heterocycles. The lowest BCUT2D eigenvalue weighted by atomic mass is 9.69. The molecule has 0 N–H and O–H groups in total. The number of ketones is 1. The largest absolute Gasteiger partial charge is 0.294 e. The summed E-state index contributed by atoms with van der Waals surface area (Å²) in [5, 5.41) is 0. The maximum Gasteiger partial charge on any atom is 0.168 e. The van der Waals surface area contributed by atoms with E-state index in [1.165, 1.54) is 12.3 Å². The fraction of sp³-hybridized carbons (Fsp3) is 0.625. The van der Waals surface area contributed by atoms with E-state index >= 15 is 0 Å². The molecule has 2 rings (SSSR count). The highest BCUT2D eigenvalue weighted by Gasteiger charge is 2.33. The van der Waals surface area contributed by atoms with E-state index in [0.29, 0.717) is 11.3 Å². The number of hydrogen-bond acceptors (Lipinski definition) is 2. The van der Waals surface area contributed by atoms with E-state index in [1.54, 1.807) is 0 Å². The molecule has 3 heteroatoms. The van der Waals surface area contributed by atoms with Crippen molar-refractivity contribution in [2.24, 2.45) is 17.3 Å². The Kier molecular flexibility index (Phi) is 4.02. The van der Waals surface area contributed by atoms with Crippen LogP contribution in [-0.2, 0) is 0 Å². The van der Waals surface area contributed by atoms with Crippen molar-refractivity contribution in [3.63, 3.8) is 0 Å². The highest BCUT2D eigenvalue weighted by molar-refractivity contribution is 5.98. The first-order chi connectivity index (χ1) is 8.89. The molecular weight excluding hydrogens is 241 g/mol. The van der Waals surface area contributed by atoms with Crippen LogP contribution >= 0.6 is 0 Å². The van der Waals surface area contributed by atoms with Gasteiger partial charge in [0.1, 0.15) is 0 Å². The summed E-state index contributed by atoms with van der Waals surface area (Å²) in [5.74, 6) is 0.104. The van der Waals surface area contributed by atoms with Gasteiger partial charge in [0, 0.05) is 12.1 Å². The average Bonchev–Trinajstić information content (AvgIpc) is 2.38. The Morgan fingerprint density at radius 1 is 1.26 bits per heavy atom. The maximum atomic E-state index is 13.6. The van der Waals surface area contributed by atoms with Crippen LogP contribution in [0.15, 0.2) is 18.5 Å². The number of nitrogens with zero attached hydrogens (tertiary/aromatic N) is 1. The molecule has 1 aliphatic carbocycles. The summed E-state index contributed by atoms with van der Waals surface area (Å²) in [4.78, 5) is 16.0. The van der Waals surface area contributed by atoms with E-state index in [4.69, 9.17) is 0 Å². The van der Waals surface area contributed by atoms with E-state index in [-0.39, 0.29) is 17.3 Å². The van der Waals surface area contributed by atoms with Gasteiger partial charge < -0.3 is 0 Å². The van der Waals surface area contributed by atoms with Gasteiger partial charge >= 0.3 is 0 Å². The molecule has 0 atom stereocenters. The van der Waals surface area contributed by atoms with Gasteiger partial charge in [0.15, 0.2) is 11.6 Å². The zero-order valence-corrected chi connectivity index (χ0v) is 11.9. The Morgan fingerprint density at radius 3 is 2.42 bits per heavy atom. The van der Waals surface area contributed by atoms with Crippen molar-refractivity contribution < 1.29 is 9.18 Å². The molecule has 0 aromatic carbocycles. The number of aromatic nitrogens is 1. The van der Waals surface area contributed by atoms with E-state index in [9.17, 15) is 9.18 Å². The van der Waals surface area contributed by atoms with Gasteiger partial charge in [0.05, 0.1) is 11.8 Å². The number of hydrogen-bond donors (Lipinski definition) is 0. The van der Waals surface area contributed by atoms with Gasteiger partial charge in [-0.25, -0.2) is 4.39 Å². The molecule has 1 saturated carbocycles. The normalized spacial score (nSPS) is 24.2. The SMILES string of the molecule is CC(C)(C)C1CCC(C(=O)c2ccncc2F)CC1. The first-order valence-electron chi connectivity index (χ1n) is 7.03. The third kappa shape index (κ3) is 3.20. The van der Waals surface area contributed by atoms with Gasteiger partial charge in [-0.2, -0.15) is 0 Å². The third-order valence-corrected chi connectivity index (χ3v) is 4.36. The summed E-state index contributed by atoms with van der Waals surface area (Å²) >= 11 is 0. The smallest absolute Gasteiger partial charge is 0.168 e. The molecule has 104 valence electrons. The minimum absolute atomic E-state index is 0.0181. The average molecular weight is 263 g/mol. The van der Waals surface area contributed by atoms with Gasteiger partial charge in [0.2, 0.25) is 0 Å². The Labute approximate surface area is 114 Å². The molecule has 1 fully saturated rings. The fourth-order valence-electron chi connectivity index (χ4n) is 3.02. The molecule has 0 bridgehead atoms. The predicted octanol–water partition coefficient (Wildman–Crippen LogP) is 4.26. The summed E-state index contributed by atoms with van der Waals surface area (Å²) < 4.78 is 13.6. The highest BCUT2D eigenvalue weighted by Crippen LogP contribution is 2.40. The minimum Gasteiger partial charge on any atom is -0.294 e. The van der Waals surface area contributed by atoms with Crippen molar-refractivity contribution >= 4 is 5.78 Å². The van der Waals surface area contributed by atoms with Crippen LogP contribution < -0.4 is 0 Å². The molecular formula is C16H22FNO. The van der Waals surface area contributed by atoms with Crippen molar-refractivity contribution in [3.05, 3.63) is 29.8 Å². The number of carbonyl (C=O) groups is 1. The summed E-state index contributed by atoms with van der Waals surface area (Å²) in [5.41, 5.74) is 0.504. The number of pyridine rings is 1. The van der Waals surface area contributed by atoms with Crippen LogP contribution in [0.4, 0.5) is 4.39 Å². The topological polar surface area (TPSA) is 30.0 Å². The van der Waals surface area contributed by atoms with E-state index in [2.05, 4.69) is 25.8 Å². The second-order valence-electron chi connectivity index (χ2n) is 6.63. The van der Waals surface area contributed by atoms with Crippen LogP contribution in [0.25, 0.3) is 0 Å². The minimum atomic E-state index is -0.495. The summed E-state index contributed by atoms with van der Waals surface area (Å²) in [6, 6.07) is 1.49. The first kappa shape index (κ1) is 14.2. The lowest BCUT2D eigenvalue weighted by Gasteiger charge is -2.36. The van der Waals surface area contributed by atoms with Crippen LogP contribution in [-0.4, -0.2) is 10.8 Å². The van der Waals surface area contributed by atoms with Crippen LogP contribution in [0.2, 0.25) is 0 Å². The quantitative estimate of drug-likeness (QED) is 0.746. The third-order valence-electron chi connectivity index (χ3n) is 4.36. The molecule has 0 radical (unpaired) electrons. The van der Waals surface area contributed by atoms with Gasteiger partial charge in [-0.05, 0) is 43.1 Å². The molecule has 0 amide bonds. The van der Waals surface area contributed by atoms with Crippen LogP contribution in [0.3, 0.4) is 0 Å². The van der Waals surface area contributed by atoms with Gasteiger partial charge in [0.25, 0.3) is 0 Å². The second kappa shape index (κ2) is 5.40. The Hall–Kier alpha value is -1.25. The Balaban J connectivity index is 2.03. The molecule has 2 nitrogen and oxygen atoms in total. The molecule has 1 aromatic rings. The zero-order valence-electron chi connectivity index (χ0n) is 11.9. The van der Waals surface area contributed by atoms with Gasteiger partial charge in [-0.1, -0.05) is 20.8 Å². The van der Waals surface area contributed by atoms with Crippen molar-refractivity contribution in [1.29, 1.82) is 0 Å². The van der Waals surface area contributed by atoms with Crippen molar-refractivity contribution in [1.82, 2.24) is 4.98 Å². The number of halogens is 1. The van der Waals surface area contributed by atoms with Gasteiger partial charge in [-0.3, -0.25) is 9.78 Å². The fourth-order valence-corrected chi connectivity index (χ4v) is 3.02. The van der Waals surface area contributed by atoms with Crippen molar-refractivity contribution in [2.75, 3.05) is 0 Å². The van der Waals surface area contributed by atoms with E-state index in [0.717, 1.165) is 31.9 Å². The standard InChI is InChI=1S/C16H22FNO/c1-16(2,3)12-6-4-11(5-7-12)15(19)13-8-9-18-10-14(13)17/h8-12H,4-7H2,1-3H3. The molecule has 1 heterocycles. The Bertz CT molecular complexity index is 456. The van der Waals surface area contributed by atoms with Crippen LogP contribution in [0.5, 0.6) is 0 Å². The van der Waals surface area contributed by atoms with Crippen molar-refractivity contribution in [3.8, 4) is 0 Å². The van der Waals surface area contributed by atoms with Crippen LogP contribution in [0, 0.1) is 23.1 Å². The van der Waals surface area contributed by atoms with Crippen molar-refractivity contribution in [2.45, 2.75) is 46.5 Å². The monoisotopic (exact) mass is 263 g/mol. The number of Topliss-reactive ketones (excluding diaryl/α,β-unsaturated/α-hetero) is 1. The maximum absolute atomic E-state index is 13.6. The molecule has 19 heavy (non-hydrogen) atoms. The Morgan fingerprint density at radius 2 is 1.89 bits per heavy atom. The van der Waals surface area contributed by atoms with E-state index in [1.807, 2.05) is 0 Å². The zero-order chi connectivity index (χ0) is 14.0. The molecule has 0 aliphatic heterocycles. The molecule has 0 spiro atoms. The number of rotatable bonds is 2. The first-order valence-corrected chi connectivity index (χ1v) is 7.03. The van der Waals surface area contributed by atoms with Gasteiger partial charge in [-0.15, -0.1) is 0 Å².